The SMILES string of the molecule is CC(C)N(CCCC(=O)O)S(=O)(=O)CC#N. The summed E-state index contributed by atoms with van der Waals surface area (Å²) in [7, 11) is -3.59. The van der Waals surface area contributed by atoms with Crippen LogP contribution in [-0.4, -0.2) is 42.1 Å². The van der Waals surface area contributed by atoms with Gasteiger partial charge in [-0.05, 0) is 20.3 Å². The molecule has 0 radical (unpaired) electrons. The van der Waals surface area contributed by atoms with Crippen LogP contribution in [0.25, 0.3) is 0 Å². The highest BCUT2D eigenvalue weighted by Gasteiger charge is 2.24. The predicted molar refractivity (Wildman–Crippen MR) is 58.1 cm³/mol. The number of hydrogen-bond acceptors (Lipinski definition) is 4. The third kappa shape index (κ3) is 5.09. The molecule has 0 amide bonds. The van der Waals surface area contributed by atoms with E-state index in [4.69, 9.17) is 10.4 Å². The number of hydrogen-bond donors (Lipinski definition) is 1. The maximum absolute atomic E-state index is 11.6. The van der Waals surface area contributed by atoms with Crippen LogP contribution in [0.1, 0.15) is 26.7 Å². The maximum atomic E-state index is 11.6. The van der Waals surface area contributed by atoms with Crippen LogP contribution in [0.4, 0.5) is 0 Å². The molecule has 0 spiro atoms. The zero-order chi connectivity index (χ0) is 12.8. The second-order valence-electron chi connectivity index (χ2n) is 3.62. The zero-order valence-electron chi connectivity index (χ0n) is 9.38. The van der Waals surface area contributed by atoms with Gasteiger partial charge >= 0.3 is 5.97 Å². The molecule has 92 valence electrons. The Labute approximate surface area is 95.5 Å². The molecule has 7 heteroatoms. The minimum Gasteiger partial charge on any atom is -0.481 e. The van der Waals surface area contributed by atoms with E-state index in [2.05, 4.69) is 0 Å². The van der Waals surface area contributed by atoms with Gasteiger partial charge in [-0.15, -0.1) is 0 Å². The number of rotatable bonds is 7. The van der Waals surface area contributed by atoms with Crippen molar-refractivity contribution in [3.63, 3.8) is 0 Å². The van der Waals surface area contributed by atoms with Crippen LogP contribution in [0.15, 0.2) is 0 Å². The smallest absolute Gasteiger partial charge is 0.303 e. The molecule has 0 aliphatic carbocycles. The topological polar surface area (TPSA) is 98.5 Å². The van der Waals surface area contributed by atoms with Gasteiger partial charge in [-0.3, -0.25) is 4.79 Å². The number of aliphatic carboxylic acids is 1. The van der Waals surface area contributed by atoms with Crippen molar-refractivity contribution in [1.29, 1.82) is 5.26 Å². The van der Waals surface area contributed by atoms with E-state index in [-0.39, 0.29) is 25.4 Å². The molecule has 0 bridgehead atoms. The van der Waals surface area contributed by atoms with Gasteiger partial charge in [-0.25, -0.2) is 8.42 Å². The molecule has 6 nitrogen and oxygen atoms in total. The fraction of sp³-hybridized carbons (Fsp3) is 0.778. The number of nitrogens with zero attached hydrogens (tertiary/aromatic N) is 2. The molecule has 0 aromatic rings. The largest absolute Gasteiger partial charge is 0.481 e. The van der Waals surface area contributed by atoms with Gasteiger partial charge in [0.05, 0.1) is 6.07 Å². The average Bonchev–Trinajstić information content (AvgIpc) is 2.10. The zero-order valence-corrected chi connectivity index (χ0v) is 10.2. The number of carboxylic acids is 1. The summed E-state index contributed by atoms with van der Waals surface area (Å²) in [4.78, 5) is 10.3. The lowest BCUT2D eigenvalue weighted by molar-refractivity contribution is -0.137. The third-order valence-corrected chi connectivity index (χ3v) is 3.76. The van der Waals surface area contributed by atoms with E-state index in [0.717, 1.165) is 0 Å². The number of carboxylic acid groups (broad SMARTS) is 1. The van der Waals surface area contributed by atoms with Gasteiger partial charge in [0.1, 0.15) is 0 Å². The Kier molecular flexibility index (Phi) is 6.00. The third-order valence-electron chi connectivity index (χ3n) is 1.95. The van der Waals surface area contributed by atoms with E-state index in [1.165, 1.54) is 4.31 Å². The Balaban J connectivity index is 4.52. The number of nitriles is 1. The Morgan fingerprint density at radius 3 is 2.44 bits per heavy atom. The molecule has 0 aliphatic rings. The highest BCUT2D eigenvalue weighted by Crippen LogP contribution is 2.09. The molecule has 0 aliphatic heterocycles. The molecule has 0 saturated carbocycles. The Bertz CT molecular complexity index is 369. The van der Waals surface area contributed by atoms with Gasteiger partial charge in [0.25, 0.3) is 0 Å². The monoisotopic (exact) mass is 248 g/mol. The van der Waals surface area contributed by atoms with E-state index in [9.17, 15) is 13.2 Å². The summed E-state index contributed by atoms with van der Waals surface area (Å²) in [5.74, 6) is -1.53. The highest BCUT2D eigenvalue weighted by atomic mass is 32.2. The van der Waals surface area contributed by atoms with E-state index in [1.54, 1.807) is 19.9 Å². The molecular formula is C9H16N2O4S. The first-order valence-corrected chi connectivity index (χ1v) is 6.50. The van der Waals surface area contributed by atoms with Gasteiger partial charge in [-0.1, -0.05) is 0 Å². The van der Waals surface area contributed by atoms with Crippen molar-refractivity contribution in [2.75, 3.05) is 12.3 Å². The normalized spacial score (nSPS) is 11.7. The number of carbonyl (C=O) groups is 1. The molecule has 1 N–H and O–H groups in total. The molecule has 0 fully saturated rings. The summed E-state index contributed by atoms with van der Waals surface area (Å²) in [5, 5.41) is 16.8. The predicted octanol–water partition coefficient (Wildman–Crippen LogP) is 0.415. The first-order valence-electron chi connectivity index (χ1n) is 4.89. The van der Waals surface area contributed by atoms with Gasteiger partial charge in [0.15, 0.2) is 5.75 Å². The first kappa shape index (κ1) is 14.9. The maximum Gasteiger partial charge on any atom is 0.303 e. The molecule has 0 atom stereocenters. The molecule has 0 aromatic carbocycles. The molecule has 0 aromatic heterocycles. The minimum atomic E-state index is -3.59. The van der Waals surface area contributed by atoms with Crippen molar-refractivity contribution in [3.05, 3.63) is 0 Å². The lowest BCUT2D eigenvalue weighted by atomic mass is 10.3. The lowest BCUT2D eigenvalue weighted by Crippen LogP contribution is -2.39. The van der Waals surface area contributed by atoms with Crippen LogP contribution in [0, 0.1) is 11.3 Å². The first-order chi connectivity index (χ1) is 7.31. The molecule has 0 unspecified atom stereocenters. The summed E-state index contributed by atoms with van der Waals surface area (Å²) < 4.78 is 24.4. The van der Waals surface area contributed by atoms with Crippen LogP contribution < -0.4 is 0 Å². The number of sulfonamides is 1. The second-order valence-corrected chi connectivity index (χ2v) is 5.54. The van der Waals surface area contributed by atoms with Gasteiger partial charge in [0.2, 0.25) is 10.0 Å². The summed E-state index contributed by atoms with van der Waals surface area (Å²) in [6.07, 6.45) is 0.170. The summed E-state index contributed by atoms with van der Waals surface area (Å²) in [6, 6.07) is 1.33. The van der Waals surface area contributed by atoms with E-state index >= 15 is 0 Å². The van der Waals surface area contributed by atoms with Crippen LogP contribution in [0.3, 0.4) is 0 Å². The van der Waals surface area contributed by atoms with Crippen molar-refractivity contribution in [1.82, 2.24) is 4.31 Å². The highest BCUT2D eigenvalue weighted by molar-refractivity contribution is 7.89. The van der Waals surface area contributed by atoms with Crippen molar-refractivity contribution < 1.29 is 18.3 Å². The summed E-state index contributed by atoms with van der Waals surface area (Å²) in [5.41, 5.74) is 0. The van der Waals surface area contributed by atoms with Gasteiger partial charge < -0.3 is 5.11 Å². The Morgan fingerprint density at radius 2 is 2.06 bits per heavy atom. The fourth-order valence-electron chi connectivity index (χ4n) is 1.27. The molecule has 0 saturated heterocycles. The Morgan fingerprint density at radius 1 is 1.50 bits per heavy atom. The Hall–Kier alpha value is -1.13. The van der Waals surface area contributed by atoms with Crippen LogP contribution >= 0.6 is 0 Å². The van der Waals surface area contributed by atoms with Gasteiger partial charge in [0, 0.05) is 19.0 Å². The van der Waals surface area contributed by atoms with Crippen molar-refractivity contribution in [3.8, 4) is 6.07 Å². The lowest BCUT2D eigenvalue weighted by Gasteiger charge is -2.24. The fourth-order valence-corrected chi connectivity index (χ4v) is 2.65. The quantitative estimate of drug-likeness (QED) is 0.703. The minimum absolute atomic E-state index is 0.0781. The molecule has 0 rings (SSSR count). The average molecular weight is 248 g/mol. The van der Waals surface area contributed by atoms with E-state index in [0.29, 0.717) is 0 Å². The second kappa shape index (κ2) is 6.45. The molecule has 0 heterocycles. The van der Waals surface area contributed by atoms with Crippen LogP contribution in [0.2, 0.25) is 0 Å². The molecule has 16 heavy (non-hydrogen) atoms. The molecular weight excluding hydrogens is 232 g/mol. The van der Waals surface area contributed by atoms with Gasteiger partial charge in [-0.2, -0.15) is 9.57 Å². The summed E-state index contributed by atoms with van der Waals surface area (Å²) in [6.45, 7) is 3.51. The summed E-state index contributed by atoms with van der Waals surface area (Å²) >= 11 is 0. The standard InChI is InChI=1S/C9H16N2O4S/c1-8(2)11(6-3-4-9(12)13)16(14,15)7-5-10/h8H,3-4,6-7H2,1-2H3,(H,12,13). The van der Waals surface area contributed by atoms with E-state index in [1.807, 2.05) is 0 Å². The van der Waals surface area contributed by atoms with Crippen LogP contribution in [-0.2, 0) is 14.8 Å². The van der Waals surface area contributed by atoms with Crippen molar-refractivity contribution in [2.24, 2.45) is 0 Å². The van der Waals surface area contributed by atoms with E-state index < -0.39 is 21.7 Å². The van der Waals surface area contributed by atoms with Crippen LogP contribution in [0.5, 0.6) is 0 Å². The van der Waals surface area contributed by atoms with Crippen molar-refractivity contribution in [2.45, 2.75) is 32.7 Å². The van der Waals surface area contributed by atoms with Crippen molar-refractivity contribution >= 4 is 16.0 Å².